The Labute approximate surface area is 150 Å². The molecule has 1 saturated heterocycles. The number of hydrogen-bond donors (Lipinski definition) is 1. The fourth-order valence-electron chi connectivity index (χ4n) is 3.17. The van der Waals surface area contributed by atoms with Crippen LogP contribution in [0.4, 0.5) is 5.69 Å². The molecule has 0 saturated carbocycles. The van der Waals surface area contributed by atoms with E-state index in [4.69, 9.17) is 4.74 Å². The molecule has 2 rings (SSSR count). The van der Waals surface area contributed by atoms with Gasteiger partial charge < -0.3 is 15.0 Å². The van der Waals surface area contributed by atoms with Gasteiger partial charge in [-0.2, -0.15) is 5.26 Å². The average molecular weight is 341 g/mol. The minimum atomic E-state index is -0.370. The standard InChI is InChI=1S/C20H27N3O2/c1-13(2)18-8-6-7-14(3)19(18)22-20(24)17(9-21)12-23-10-15(4)25-16(5)11-23/h6-8,12-13,15-16H,10-11H2,1-5H3,(H,22,24)/b17-12-. The molecule has 0 aliphatic carbocycles. The highest BCUT2D eigenvalue weighted by Crippen LogP contribution is 2.27. The van der Waals surface area contributed by atoms with Crippen LogP contribution in [-0.4, -0.2) is 36.1 Å². The number of morpholine rings is 1. The molecule has 134 valence electrons. The highest BCUT2D eigenvalue weighted by atomic mass is 16.5. The first-order chi connectivity index (χ1) is 11.8. The number of hydrogen-bond acceptors (Lipinski definition) is 4. The molecule has 1 aliphatic rings. The Morgan fingerprint density at radius 3 is 2.56 bits per heavy atom. The summed E-state index contributed by atoms with van der Waals surface area (Å²) in [5, 5.41) is 12.4. The van der Waals surface area contributed by atoms with Gasteiger partial charge in [0.15, 0.2) is 0 Å². The summed E-state index contributed by atoms with van der Waals surface area (Å²) in [5.74, 6) is -0.0869. The molecule has 1 aromatic carbocycles. The van der Waals surface area contributed by atoms with E-state index in [0.29, 0.717) is 13.1 Å². The summed E-state index contributed by atoms with van der Waals surface area (Å²) < 4.78 is 5.69. The van der Waals surface area contributed by atoms with Crippen molar-refractivity contribution < 1.29 is 9.53 Å². The molecule has 5 nitrogen and oxygen atoms in total. The summed E-state index contributed by atoms with van der Waals surface area (Å²) >= 11 is 0. The molecule has 0 spiro atoms. The predicted molar refractivity (Wildman–Crippen MR) is 99.2 cm³/mol. The van der Waals surface area contributed by atoms with Crippen molar-refractivity contribution in [3.8, 4) is 6.07 Å². The second-order valence-electron chi connectivity index (χ2n) is 7.01. The molecular weight excluding hydrogens is 314 g/mol. The van der Waals surface area contributed by atoms with Crippen LogP contribution in [0.15, 0.2) is 30.0 Å². The molecule has 0 aromatic heterocycles. The number of ether oxygens (including phenoxy) is 1. The monoisotopic (exact) mass is 341 g/mol. The Morgan fingerprint density at radius 2 is 2.00 bits per heavy atom. The van der Waals surface area contributed by atoms with E-state index in [0.717, 1.165) is 16.8 Å². The molecule has 1 fully saturated rings. The van der Waals surface area contributed by atoms with Crippen molar-refractivity contribution in [2.75, 3.05) is 18.4 Å². The number of carbonyl (C=O) groups is 1. The fourth-order valence-corrected chi connectivity index (χ4v) is 3.17. The number of nitrogens with one attached hydrogen (secondary N) is 1. The first-order valence-electron chi connectivity index (χ1n) is 8.74. The third-order valence-corrected chi connectivity index (χ3v) is 4.29. The van der Waals surface area contributed by atoms with Gasteiger partial charge >= 0.3 is 0 Å². The highest BCUT2D eigenvalue weighted by molar-refractivity contribution is 6.07. The lowest BCUT2D eigenvalue weighted by Gasteiger charge is -2.34. The molecule has 25 heavy (non-hydrogen) atoms. The molecule has 2 unspecified atom stereocenters. The van der Waals surface area contributed by atoms with Crippen LogP contribution < -0.4 is 5.32 Å². The number of aryl methyl sites for hydroxylation is 1. The highest BCUT2D eigenvalue weighted by Gasteiger charge is 2.22. The number of amides is 1. The first kappa shape index (κ1) is 19.0. The van der Waals surface area contributed by atoms with Gasteiger partial charge in [-0.3, -0.25) is 4.79 Å². The van der Waals surface area contributed by atoms with Crippen LogP contribution in [0.2, 0.25) is 0 Å². The number of carbonyl (C=O) groups excluding carboxylic acids is 1. The summed E-state index contributed by atoms with van der Waals surface area (Å²) in [7, 11) is 0. The van der Waals surface area contributed by atoms with Crippen LogP contribution in [0.1, 0.15) is 44.7 Å². The van der Waals surface area contributed by atoms with Crippen LogP contribution in [-0.2, 0) is 9.53 Å². The van der Waals surface area contributed by atoms with Gasteiger partial charge in [0.1, 0.15) is 11.6 Å². The normalized spacial score (nSPS) is 21.2. The van der Waals surface area contributed by atoms with Crippen molar-refractivity contribution in [2.45, 2.75) is 52.7 Å². The first-order valence-corrected chi connectivity index (χ1v) is 8.74. The van der Waals surface area contributed by atoms with Gasteiger partial charge in [0.25, 0.3) is 5.91 Å². The molecule has 1 aromatic rings. The second-order valence-corrected chi connectivity index (χ2v) is 7.01. The maximum Gasteiger partial charge on any atom is 0.267 e. The van der Waals surface area contributed by atoms with E-state index >= 15 is 0 Å². The van der Waals surface area contributed by atoms with Gasteiger partial charge in [-0.15, -0.1) is 0 Å². The molecule has 1 heterocycles. The predicted octanol–water partition coefficient (Wildman–Crippen LogP) is 3.57. The molecule has 0 bridgehead atoms. The third kappa shape index (κ3) is 4.83. The second kappa shape index (κ2) is 8.17. The Hall–Kier alpha value is -2.32. The Kier molecular flexibility index (Phi) is 6.22. The minimum Gasteiger partial charge on any atom is -0.372 e. The summed E-state index contributed by atoms with van der Waals surface area (Å²) in [6.07, 6.45) is 1.80. The van der Waals surface area contributed by atoms with Gasteiger partial charge in [0.2, 0.25) is 0 Å². The minimum absolute atomic E-state index is 0.0758. The Bertz CT molecular complexity index is 693. The molecular formula is C20H27N3O2. The SMILES string of the molecule is Cc1cccc(C(C)C)c1NC(=O)/C(C#N)=C\N1CC(C)OC(C)C1. The largest absolute Gasteiger partial charge is 0.372 e. The van der Waals surface area contributed by atoms with Crippen LogP contribution >= 0.6 is 0 Å². The molecule has 2 atom stereocenters. The molecule has 0 radical (unpaired) electrons. The number of nitrogens with zero attached hydrogens (tertiary/aromatic N) is 2. The smallest absolute Gasteiger partial charge is 0.267 e. The van der Waals surface area contributed by atoms with E-state index in [1.807, 2.05) is 49.9 Å². The third-order valence-electron chi connectivity index (χ3n) is 4.29. The number of rotatable bonds is 4. The van der Waals surface area contributed by atoms with Gasteiger partial charge in [0, 0.05) is 25.0 Å². The average Bonchev–Trinajstić information content (AvgIpc) is 2.53. The number of nitriles is 1. The lowest BCUT2D eigenvalue weighted by molar-refractivity contribution is -0.112. The zero-order valence-corrected chi connectivity index (χ0v) is 15.7. The number of para-hydroxylation sites is 1. The van der Waals surface area contributed by atoms with Crippen LogP contribution in [0.3, 0.4) is 0 Å². The fraction of sp³-hybridized carbons (Fsp3) is 0.500. The maximum absolute atomic E-state index is 12.6. The van der Waals surface area contributed by atoms with E-state index in [1.165, 1.54) is 0 Å². The van der Waals surface area contributed by atoms with E-state index in [9.17, 15) is 10.1 Å². The van der Waals surface area contributed by atoms with E-state index in [-0.39, 0.29) is 29.6 Å². The quantitative estimate of drug-likeness (QED) is 0.671. The van der Waals surface area contributed by atoms with E-state index in [2.05, 4.69) is 19.2 Å². The van der Waals surface area contributed by atoms with Crippen LogP contribution in [0.25, 0.3) is 0 Å². The molecule has 1 amide bonds. The molecule has 1 N–H and O–H groups in total. The van der Waals surface area contributed by atoms with Crippen LogP contribution in [0.5, 0.6) is 0 Å². The van der Waals surface area contributed by atoms with Gasteiger partial charge in [-0.05, 0) is 37.8 Å². The summed E-state index contributed by atoms with van der Waals surface area (Å²) in [5.41, 5.74) is 2.97. The number of benzene rings is 1. The Morgan fingerprint density at radius 1 is 1.36 bits per heavy atom. The van der Waals surface area contributed by atoms with E-state index in [1.54, 1.807) is 6.20 Å². The lowest BCUT2D eigenvalue weighted by atomic mass is 9.98. The van der Waals surface area contributed by atoms with Crippen molar-refractivity contribution in [3.63, 3.8) is 0 Å². The van der Waals surface area contributed by atoms with Gasteiger partial charge in [-0.25, -0.2) is 0 Å². The van der Waals surface area contributed by atoms with Gasteiger partial charge in [0.05, 0.1) is 12.2 Å². The zero-order valence-electron chi connectivity index (χ0n) is 15.7. The van der Waals surface area contributed by atoms with E-state index < -0.39 is 0 Å². The molecule has 5 heteroatoms. The Balaban J connectivity index is 2.22. The van der Waals surface area contributed by atoms with Crippen molar-refractivity contribution in [1.82, 2.24) is 4.90 Å². The zero-order chi connectivity index (χ0) is 18.6. The maximum atomic E-state index is 12.6. The molecule has 1 aliphatic heterocycles. The van der Waals surface area contributed by atoms with Crippen molar-refractivity contribution >= 4 is 11.6 Å². The topological polar surface area (TPSA) is 65.4 Å². The van der Waals surface area contributed by atoms with Crippen molar-refractivity contribution in [1.29, 1.82) is 5.26 Å². The lowest BCUT2D eigenvalue weighted by Crippen LogP contribution is -2.43. The summed E-state index contributed by atoms with van der Waals surface area (Å²) in [6, 6.07) is 7.99. The van der Waals surface area contributed by atoms with Crippen LogP contribution in [0, 0.1) is 18.3 Å². The van der Waals surface area contributed by atoms with Crippen molar-refractivity contribution in [3.05, 3.63) is 41.1 Å². The van der Waals surface area contributed by atoms with Crippen molar-refractivity contribution in [2.24, 2.45) is 0 Å². The summed E-state index contributed by atoms with van der Waals surface area (Å²) in [6.45, 7) is 11.5. The van der Waals surface area contributed by atoms with Gasteiger partial charge in [-0.1, -0.05) is 32.0 Å². The summed E-state index contributed by atoms with van der Waals surface area (Å²) in [4.78, 5) is 14.6. The number of anilines is 1.